The van der Waals surface area contributed by atoms with Crippen LogP contribution in [0.15, 0.2) is 22.7 Å². The van der Waals surface area contributed by atoms with Gasteiger partial charge in [0.2, 0.25) is 0 Å². The van der Waals surface area contributed by atoms with E-state index in [2.05, 4.69) is 53.3 Å². The molecule has 1 unspecified atom stereocenters. The largest absolute Gasteiger partial charge is 0.358 e. The third-order valence-corrected chi connectivity index (χ3v) is 5.62. The van der Waals surface area contributed by atoms with Crippen LogP contribution in [-0.4, -0.2) is 11.0 Å². The molecular weight excluding hydrogens is 320 g/mol. The van der Waals surface area contributed by atoms with Crippen molar-refractivity contribution in [3.05, 3.63) is 22.7 Å². The summed E-state index contributed by atoms with van der Waals surface area (Å²) in [6.07, 6.45) is 5.25. The minimum atomic E-state index is 0.372. The number of hydrogen-bond donors (Lipinski definition) is 1. The predicted octanol–water partition coefficient (Wildman–Crippen LogP) is 5.44. The fourth-order valence-corrected chi connectivity index (χ4v) is 4.12. The quantitative estimate of drug-likeness (QED) is 0.788. The number of benzene rings is 1. The lowest BCUT2D eigenvalue weighted by molar-refractivity contribution is 0.217. The summed E-state index contributed by atoms with van der Waals surface area (Å²) in [5.41, 5.74) is 1.45. The maximum Gasteiger partial charge on any atom is 0.184 e. The summed E-state index contributed by atoms with van der Waals surface area (Å²) in [6.45, 7) is 4.74. The summed E-state index contributed by atoms with van der Waals surface area (Å²) in [7, 11) is 0. The number of aromatic nitrogens is 1. The summed E-state index contributed by atoms with van der Waals surface area (Å²) < 4.78 is 2.34. The van der Waals surface area contributed by atoms with E-state index in [-0.39, 0.29) is 0 Å². The Kier molecular flexibility index (Phi) is 3.56. The molecule has 1 fully saturated rings. The van der Waals surface area contributed by atoms with Gasteiger partial charge in [0.15, 0.2) is 5.13 Å². The third-order valence-electron chi connectivity index (χ3n) is 4.15. The molecule has 102 valence electrons. The van der Waals surface area contributed by atoms with Gasteiger partial charge in [-0.25, -0.2) is 4.98 Å². The second-order valence-corrected chi connectivity index (χ2v) is 8.01. The highest BCUT2D eigenvalue weighted by Gasteiger charge is 2.32. The van der Waals surface area contributed by atoms with Crippen LogP contribution in [0.1, 0.15) is 39.5 Å². The van der Waals surface area contributed by atoms with Crippen LogP contribution in [0.25, 0.3) is 10.2 Å². The summed E-state index contributed by atoms with van der Waals surface area (Å²) in [6, 6.07) is 6.84. The van der Waals surface area contributed by atoms with Crippen molar-refractivity contribution in [1.82, 2.24) is 4.98 Å². The highest BCUT2D eigenvalue weighted by atomic mass is 79.9. The molecule has 0 aliphatic heterocycles. The molecule has 1 aromatic heterocycles. The molecule has 1 N–H and O–H groups in total. The number of fused-ring (bicyclic) bond motifs is 1. The molecule has 0 saturated heterocycles. The first kappa shape index (κ1) is 13.4. The minimum absolute atomic E-state index is 0.372. The van der Waals surface area contributed by atoms with Crippen molar-refractivity contribution in [1.29, 1.82) is 0 Å². The first-order chi connectivity index (χ1) is 9.04. The Morgan fingerprint density at radius 3 is 3.00 bits per heavy atom. The summed E-state index contributed by atoms with van der Waals surface area (Å²) in [5, 5.41) is 4.74. The zero-order valence-corrected chi connectivity index (χ0v) is 13.8. The van der Waals surface area contributed by atoms with Gasteiger partial charge in [0.05, 0.1) is 10.2 Å². The first-order valence-corrected chi connectivity index (χ1v) is 8.48. The first-order valence-electron chi connectivity index (χ1n) is 6.87. The lowest BCUT2D eigenvalue weighted by Gasteiger charge is -2.38. The van der Waals surface area contributed by atoms with E-state index in [0.717, 1.165) is 15.1 Å². The molecule has 1 heterocycles. The Bertz CT molecular complexity index is 591. The highest BCUT2D eigenvalue weighted by Crippen LogP contribution is 2.38. The van der Waals surface area contributed by atoms with E-state index in [1.54, 1.807) is 11.3 Å². The fourth-order valence-electron chi connectivity index (χ4n) is 2.87. The zero-order valence-electron chi connectivity index (χ0n) is 11.4. The molecule has 2 aromatic rings. The van der Waals surface area contributed by atoms with Gasteiger partial charge < -0.3 is 5.32 Å². The lowest BCUT2D eigenvalue weighted by atomic mass is 9.73. The topological polar surface area (TPSA) is 24.9 Å². The average Bonchev–Trinajstić information content (AvgIpc) is 2.73. The molecule has 0 bridgehead atoms. The van der Waals surface area contributed by atoms with E-state index in [1.807, 2.05) is 0 Å². The number of anilines is 1. The molecular formula is C15H19BrN2S. The van der Waals surface area contributed by atoms with Gasteiger partial charge in [-0.2, -0.15) is 0 Å². The molecule has 0 amide bonds. The van der Waals surface area contributed by atoms with Crippen LogP contribution < -0.4 is 5.32 Å². The zero-order chi connectivity index (χ0) is 13.5. The number of hydrogen-bond acceptors (Lipinski definition) is 3. The molecule has 2 nitrogen and oxygen atoms in total. The molecule has 1 aliphatic rings. The molecule has 1 saturated carbocycles. The third kappa shape index (κ3) is 2.79. The number of nitrogens with one attached hydrogen (secondary N) is 1. The molecule has 0 spiro atoms. The van der Waals surface area contributed by atoms with Crippen molar-refractivity contribution in [2.75, 3.05) is 5.32 Å². The Hall–Kier alpha value is -0.610. The number of halogens is 1. The Morgan fingerprint density at radius 1 is 1.37 bits per heavy atom. The smallest absolute Gasteiger partial charge is 0.184 e. The summed E-state index contributed by atoms with van der Waals surface area (Å²) in [4.78, 5) is 4.71. The second kappa shape index (κ2) is 5.06. The van der Waals surface area contributed by atoms with Crippen molar-refractivity contribution in [3.63, 3.8) is 0 Å². The highest BCUT2D eigenvalue weighted by molar-refractivity contribution is 9.10. The van der Waals surface area contributed by atoms with Crippen LogP contribution in [0.2, 0.25) is 0 Å². The summed E-state index contributed by atoms with van der Waals surface area (Å²) in [5.74, 6) is 0. The normalized spacial score (nSPS) is 22.6. The van der Waals surface area contributed by atoms with E-state index in [1.165, 1.54) is 30.4 Å². The van der Waals surface area contributed by atoms with Crippen molar-refractivity contribution in [3.8, 4) is 0 Å². The average molecular weight is 339 g/mol. The van der Waals surface area contributed by atoms with Crippen LogP contribution in [-0.2, 0) is 0 Å². The maximum atomic E-state index is 4.71. The molecule has 4 heteroatoms. The van der Waals surface area contributed by atoms with Gasteiger partial charge in [-0.3, -0.25) is 0 Å². The number of thiazole rings is 1. The van der Waals surface area contributed by atoms with E-state index in [0.29, 0.717) is 11.5 Å². The molecule has 0 radical (unpaired) electrons. The summed E-state index contributed by atoms with van der Waals surface area (Å²) >= 11 is 5.26. The monoisotopic (exact) mass is 338 g/mol. The molecule has 1 atom stereocenters. The number of rotatable bonds is 2. The van der Waals surface area contributed by atoms with Crippen LogP contribution in [0, 0.1) is 5.41 Å². The van der Waals surface area contributed by atoms with Gasteiger partial charge in [-0.15, -0.1) is 0 Å². The molecule has 3 rings (SSSR count). The van der Waals surface area contributed by atoms with Gasteiger partial charge in [-0.05, 0) is 36.5 Å². The van der Waals surface area contributed by atoms with Crippen molar-refractivity contribution >= 4 is 42.6 Å². The second-order valence-electron chi connectivity index (χ2n) is 6.06. The fraction of sp³-hybridized carbons (Fsp3) is 0.533. The van der Waals surface area contributed by atoms with E-state index >= 15 is 0 Å². The van der Waals surface area contributed by atoms with Crippen LogP contribution in [0.4, 0.5) is 5.13 Å². The van der Waals surface area contributed by atoms with Crippen molar-refractivity contribution in [2.24, 2.45) is 5.41 Å². The van der Waals surface area contributed by atoms with Crippen LogP contribution in [0.5, 0.6) is 0 Å². The van der Waals surface area contributed by atoms with Gasteiger partial charge in [0, 0.05) is 10.5 Å². The minimum Gasteiger partial charge on any atom is -0.358 e. The maximum absolute atomic E-state index is 4.71. The molecule has 19 heavy (non-hydrogen) atoms. The van der Waals surface area contributed by atoms with E-state index in [9.17, 15) is 0 Å². The van der Waals surface area contributed by atoms with E-state index in [4.69, 9.17) is 4.98 Å². The predicted molar refractivity (Wildman–Crippen MR) is 87.0 cm³/mol. The van der Waals surface area contributed by atoms with Crippen LogP contribution in [0.3, 0.4) is 0 Å². The Balaban J connectivity index is 1.84. The molecule has 1 aliphatic carbocycles. The SMILES string of the molecule is CC1(C)CCCCC1Nc1nc2cc(Br)ccc2s1. The number of nitrogens with zero attached hydrogens (tertiary/aromatic N) is 1. The Labute approximate surface area is 126 Å². The van der Waals surface area contributed by atoms with Gasteiger partial charge in [-0.1, -0.05) is 54.0 Å². The standard InChI is InChI=1S/C15H19BrN2S/c1-15(2)8-4-3-5-13(15)18-14-17-11-9-10(16)6-7-12(11)19-14/h6-7,9,13H,3-5,8H2,1-2H3,(H,17,18). The van der Waals surface area contributed by atoms with E-state index < -0.39 is 0 Å². The van der Waals surface area contributed by atoms with Crippen LogP contribution >= 0.6 is 27.3 Å². The lowest BCUT2D eigenvalue weighted by Crippen LogP contribution is -2.38. The van der Waals surface area contributed by atoms with Crippen molar-refractivity contribution in [2.45, 2.75) is 45.6 Å². The van der Waals surface area contributed by atoms with Gasteiger partial charge >= 0.3 is 0 Å². The Morgan fingerprint density at radius 2 is 2.21 bits per heavy atom. The van der Waals surface area contributed by atoms with Gasteiger partial charge in [0.1, 0.15) is 0 Å². The van der Waals surface area contributed by atoms with Gasteiger partial charge in [0.25, 0.3) is 0 Å². The van der Waals surface area contributed by atoms with Crippen molar-refractivity contribution < 1.29 is 0 Å². The molecule has 1 aromatic carbocycles.